The molecule has 5 heteroatoms. The molecular formula is C12H23N3O2. The van der Waals surface area contributed by atoms with Gasteiger partial charge in [0, 0.05) is 19.0 Å². The Balaban J connectivity index is 2.09. The SMILES string of the molecule is CNCCC(=O)NCC(=O)NC1CCCCC1. The van der Waals surface area contributed by atoms with Crippen molar-refractivity contribution in [2.75, 3.05) is 20.1 Å². The Morgan fingerprint density at radius 2 is 1.82 bits per heavy atom. The Hall–Kier alpha value is -1.10. The first-order chi connectivity index (χ1) is 8.22. The summed E-state index contributed by atoms with van der Waals surface area (Å²) in [6, 6.07) is 0.311. The smallest absolute Gasteiger partial charge is 0.239 e. The lowest BCUT2D eigenvalue weighted by Crippen LogP contribution is -2.42. The van der Waals surface area contributed by atoms with Gasteiger partial charge in [-0.3, -0.25) is 9.59 Å². The van der Waals surface area contributed by atoms with E-state index in [1.54, 1.807) is 7.05 Å². The molecule has 1 saturated carbocycles. The van der Waals surface area contributed by atoms with Gasteiger partial charge in [0.15, 0.2) is 0 Å². The lowest BCUT2D eigenvalue weighted by molar-refractivity contribution is -0.126. The summed E-state index contributed by atoms with van der Waals surface area (Å²) in [5, 5.41) is 8.47. The molecule has 0 radical (unpaired) electrons. The summed E-state index contributed by atoms with van der Waals surface area (Å²) in [6.45, 7) is 0.731. The van der Waals surface area contributed by atoms with Crippen LogP contribution < -0.4 is 16.0 Å². The Morgan fingerprint density at radius 1 is 1.12 bits per heavy atom. The van der Waals surface area contributed by atoms with Crippen molar-refractivity contribution in [2.45, 2.75) is 44.6 Å². The summed E-state index contributed by atoms with van der Waals surface area (Å²) in [7, 11) is 1.79. The first kappa shape index (κ1) is 14.0. The highest BCUT2D eigenvalue weighted by Gasteiger charge is 2.15. The van der Waals surface area contributed by atoms with Crippen LogP contribution in [-0.2, 0) is 9.59 Å². The topological polar surface area (TPSA) is 70.2 Å². The molecule has 3 N–H and O–H groups in total. The summed E-state index contributed by atoms with van der Waals surface area (Å²) in [5.41, 5.74) is 0. The molecule has 0 saturated heterocycles. The van der Waals surface area contributed by atoms with Crippen molar-refractivity contribution in [2.24, 2.45) is 0 Å². The van der Waals surface area contributed by atoms with Crippen LogP contribution in [0, 0.1) is 0 Å². The van der Waals surface area contributed by atoms with E-state index < -0.39 is 0 Å². The second-order valence-corrected chi connectivity index (χ2v) is 4.53. The molecule has 0 atom stereocenters. The van der Waals surface area contributed by atoms with E-state index >= 15 is 0 Å². The summed E-state index contributed by atoms with van der Waals surface area (Å²) in [6.07, 6.45) is 6.21. The van der Waals surface area contributed by atoms with Crippen LogP contribution in [0.1, 0.15) is 38.5 Å². The number of hydrogen-bond acceptors (Lipinski definition) is 3. The number of amides is 2. The Bertz CT molecular complexity index is 250. The third-order valence-corrected chi connectivity index (χ3v) is 3.02. The van der Waals surface area contributed by atoms with Gasteiger partial charge >= 0.3 is 0 Å². The zero-order valence-corrected chi connectivity index (χ0v) is 10.6. The molecule has 0 aromatic carbocycles. The highest BCUT2D eigenvalue weighted by molar-refractivity contribution is 5.84. The fraction of sp³-hybridized carbons (Fsp3) is 0.833. The van der Waals surface area contributed by atoms with E-state index in [1.807, 2.05) is 0 Å². The van der Waals surface area contributed by atoms with Crippen molar-refractivity contribution in [3.05, 3.63) is 0 Å². The second kappa shape index (κ2) is 8.06. The molecule has 0 aromatic heterocycles. The quantitative estimate of drug-likeness (QED) is 0.620. The number of rotatable bonds is 6. The van der Waals surface area contributed by atoms with Crippen molar-refractivity contribution in [3.63, 3.8) is 0 Å². The summed E-state index contributed by atoms with van der Waals surface area (Å²) in [5.74, 6) is -0.159. The van der Waals surface area contributed by atoms with E-state index in [2.05, 4.69) is 16.0 Å². The number of carbonyl (C=O) groups is 2. The Kier molecular flexibility index (Phi) is 6.62. The van der Waals surface area contributed by atoms with Crippen LogP contribution in [0.3, 0.4) is 0 Å². The molecule has 5 nitrogen and oxygen atoms in total. The summed E-state index contributed by atoms with van der Waals surface area (Å²) < 4.78 is 0. The van der Waals surface area contributed by atoms with E-state index in [0.717, 1.165) is 12.8 Å². The van der Waals surface area contributed by atoms with Crippen molar-refractivity contribution >= 4 is 11.8 Å². The van der Waals surface area contributed by atoms with Gasteiger partial charge < -0.3 is 16.0 Å². The number of carbonyl (C=O) groups excluding carboxylic acids is 2. The highest BCUT2D eigenvalue weighted by Crippen LogP contribution is 2.16. The van der Waals surface area contributed by atoms with E-state index in [4.69, 9.17) is 0 Å². The van der Waals surface area contributed by atoms with E-state index in [0.29, 0.717) is 19.0 Å². The van der Waals surface area contributed by atoms with Gasteiger partial charge in [0.25, 0.3) is 0 Å². The molecule has 98 valence electrons. The average molecular weight is 241 g/mol. The van der Waals surface area contributed by atoms with Crippen LogP contribution >= 0.6 is 0 Å². The largest absolute Gasteiger partial charge is 0.352 e. The molecule has 1 aliphatic rings. The van der Waals surface area contributed by atoms with Crippen molar-refractivity contribution in [3.8, 4) is 0 Å². The zero-order valence-electron chi connectivity index (χ0n) is 10.6. The van der Waals surface area contributed by atoms with E-state index in [9.17, 15) is 9.59 Å². The maximum Gasteiger partial charge on any atom is 0.239 e. The van der Waals surface area contributed by atoms with Crippen LogP contribution in [0.4, 0.5) is 0 Å². The van der Waals surface area contributed by atoms with E-state index in [-0.39, 0.29) is 18.4 Å². The molecule has 0 heterocycles. The van der Waals surface area contributed by atoms with Gasteiger partial charge in [-0.05, 0) is 19.9 Å². The number of hydrogen-bond donors (Lipinski definition) is 3. The van der Waals surface area contributed by atoms with Gasteiger partial charge in [0.2, 0.25) is 11.8 Å². The fourth-order valence-corrected chi connectivity index (χ4v) is 2.03. The fourth-order valence-electron chi connectivity index (χ4n) is 2.03. The van der Waals surface area contributed by atoms with Gasteiger partial charge in [-0.1, -0.05) is 19.3 Å². The molecular weight excluding hydrogens is 218 g/mol. The van der Waals surface area contributed by atoms with Gasteiger partial charge in [-0.2, -0.15) is 0 Å². The molecule has 17 heavy (non-hydrogen) atoms. The number of nitrogens with one attached hydrogen (secondary N) is 3. The molecule has 0 unspecified atom stereocenters. The molecule has 0 aromatic rings. The van der Waals surface area contributed by atoms with Crippen molar-refractivity contribution in [1.29, 1.82) is 0 Å². The minimum absolute atomic E-state index is 0.0743. The molecule has 1 rings (SSSR count). The van der Waals surface area contributed by atoms with Crippen LogP contribution in [-0.4, -0.2) is 38.0 Å². The Morgan fingerprint density at radius 3 is 2.47 bits per heavy atom. The normalized spacial score (nSPS) is 16.5. The molecule has 0 bridgehead atoms. The highest BCUT2D eigenvalue weighted by atomic mass is 16.2. The van der Waals surface area contributed by atoms with Gasteiger partial charge in [0.05, 0.1) is 6.54 Å². The maximum atomic E-state index is 11.5. The maximum absolute atomic E-state index is 11.5. The monoisotopic (exact) mass is 241 g/mol. The van der Waals surface area contributed by atoms with Gasteiger partial charge in [-0.15, -0.1) is 0 Å². The molecule has 1 aliphatic carbocycles. The predicted molar refractivity (Wildman–Crippen MR) is 66.6 cm³/mol. The minimum atomic E-state index is -0.0851. The van der Waals surface area contributed by atoms with Crippen LogP contribution in [0.15, 0.2) is 0 Å². The van der Waals surface area contributed by atoms with Crippen LogP contribution in [0.5, 0.6) is 0 Å². The summed E-state index contributed by atoms with van der Waals surface area (Å²) in [4.78, 5) is 22.8. The molecule has 0 spiro atoms. The molecule has 0 aliphatic heterocycles. The average Bonchev–Trinajstić information content (AvgIpc) is 2.35. The third-order valence-electron chi connectivity index (χ3n) is 3.02. The molecule has 1 fully saturated rings. The van der Waals surface area contributed by atoms with E-state index in [1.165, 1.54) is 19.3 Å². The van der Waals surface area contributed by atoms with Crippen molar-refractivity contribution in [1.82, 2.24) is 16.0 Å². The Labute approximate surface area is 103 Å². The standard InChI is InChI=1S/C12H23N3O2/c1-13-8-7-11(16)14-9-12(17)15-10-5-3-2-4-6-10/h10,13H,2-9H2,1H3,(H,14,16)(H,15,17). The lowest BCUT2D eigenvalue weighted by atomic mass is 9.95. The van der Waals surface area contributed by atoms with Gasteiger partial charge in [-0.25, -0.2) is 0 Å². The van der Waals surface area contributed by atoms with Crippen LogP contribution in [0.25, 0.3) is 0 Å². The lowest BCUT2D eigenvalue weighted by Gasteiger charge is -2.22. The minimum Gasteiger partial charge on any atom is -0.352 e. The summed E-state index contributed by atoms with van der Waals surface area (Å²) >= 11 is 0. The second-order valence-electron chi connectivity index (χ2n) is 4.53. The first-order valence-corrected chi connectivity index (χ1v) is 6.43. The molecule has 2 amide bonds. The third kappa shape index (κ3) is 6.26. The zero-order chi connectivity index (χ0) is 12.5. The first-order valence-electron chi connectivity index (χ1n) is 6.43. The predicted octanol–water partition coefficient (Wildman–Crippen LogP) is 0.161. The van der Waals surface area contributed by atoms with Crippen LogP contribution in [0.2, 0.25) is 0 Å². The van der Waals surface area contributed by atoms with Crippen molar-refractivity contribution < 1.29 is 9.59 Å². The van der Waals surface area contributed by atoms with Gasteiger partial charge in [0.1, 0.15) is 0 Å².